The summed E-state index contributed by atoms with van der Waals surface area (Å²) in [7, 11) is 0. The standard InChI is InChI=1S/C12H16N4O3/c1-12(4-8(18)9(5-17)19-12)10-3-2-7-11(13)14-6-15-16(7)10/h2-3,6,8-9,17-18H,4-5H2,1H3,(H2,13,14,15). The van der Waals surface area contributed by atoms with Crippen molar-refractivity contribution in [1.82, 2.24) is 14.6 Å². The van der Waals surface area contributed by atoms with E-state index in [4.69, 9.17) is 10.5 Å². The van der Waals surface area contributed by atoms with E-state index in [9.17, 15) is 10.2 Å². The Morgan fingerprint density at radius 3 is 3.05 bits per heavy atom. The molecule has 0 spiro atoms. The predicted octanol–water partition coefficient (Wildman–Crippen LogP) is -0.331. The Labute approximate surface area is 109 Å². The number of nitrogens with two attached hydrogens (primary N) is 1. The zero-order chi connectivity index (χ0) is 13.6. The summed E-state index contributed by atoms with van der Waals surface area (Å²) in [6.45, 7) is 1.66. The van der Waals surface area contributed by atoms with Crippen LogP contribution in [0.4, 0.5) is 5.82 Å². The van der Waals surface area contributed by atoms with Crippen molar-refractivity contribution >= 4 is 11.3 Å². The lowest BCUT2D eigenvalue weighted by molar-refractivity contribution is -0.0695. The van der Waals surface area contributed by atoms with Crippen LogP contribution >= 0.6 is 0 Å². The van der Waals surface area contributed by atoms with Crippen LogP contribution in [0.1, 0.15) is 19.0 Å². The quantitative estimate of drug-likeness (QED) is 0.685. The molecule has 0 amide bonds. The van der Waals surface area contributed by atoms with Crippen LogP contribution in [0.25, 0.3) is 5.52 Å². The molecule has 1 fully saturated rings. The molecule has 2 aromatic heterocycles. The van der Waals surface area contributed by atoms with Gasteiger partial charge in [-0.25, -0.2) is 9.50 Å². The van der Waals surface area contributed by atoms with E-state index in [-0.39, 0.29) is 6.61 Å². The van der Waals surface area contributed by atoms with E-state index < -0.39 is 17.8 Å². The van der Waals surface area contributed by atoms with E-state index in [0.29, 0.717) is 17.8 Å². The van der Waals surface area contributed by atoms with E-state index in [1.807, 2.05) is 19.1 Å². The molecule has 3 heterocycles. The van der Waals surface area contributed by atoms with Gasteiger partial charge >= 0.3 is 0 Å². The highest BCUT2D eigenvalue weighted by atomic mass is 16.5. The molecule has 2 aromatic rings. The number of anilines is 1. The van der Waals surface area contributed by atoms with Gasteiger partial charge in [-0.1, -0.05) is 0 Å². The first-order valence-corrected chi connectivity index (χ1v) is 6.10. The van der Waals surface area contributed by atoms with Crippen LogP contribution in [-0.4, -0.2) is 43.6 Å². The van der Waals surface area contributed by atoms with Gasteiger partial charge in [0.25, 0.3) is 0 Å². The summed E-state index contributed by atoms with van der Waals surface area (Å²) in [6, 6.07) is 3.67. The Morgan fingerprint density at radius 2 is 2.37 bits per heavy atom. The van der Waals surface area contributed by atoms with Crippen molar-refractivity contribution in [1.29, 1.82) is 0 Å². The normalized spacial score (nSPS) is 31.1. The summed E-state index contributed by atoms with van der Waals surface area (Å²) in [5, 5.41) is 23.3. The van der Waals surface area contributed by atoms with Crippen LogP contribution in [0.15, 0.2) is 18.5 Å². The number of rotatable bonds is 2. The number of hydrogen-bond donors (Lipinski definition) is 3. The van der Waals surface area contributed by atoms with Gasteiger partial charge < -0.3 is 20.7 Å². The second-order valence-electron chi connectivity index (χ2n) is 5.00. The lowest BCUT2D eigenvalue weighted by Gasteiger charge is -2.23. The number of hydrogen-bond acceptors (Lipinski definition) is 6. The molecule has 1 aliphatic heterocycles. The van der Waals surface area contributed by atoms with Crippen molar-refractivity contribution in [2.24, 2.45) is 0 Å². The number of fused-ring (bicyclic) bond motifs is 1. The van der Waals surface area contributed by atoms with Crippen LogP contribution in [0.3, 0.4) is 0 Å². The van der Waals surface area contributed by atoms with E-state index in [1.54, 1.807) is 4.52 Å². The zero-order valence-electron chi connectivity index (χ0n) is 10.5. The fraction of sp³-hybridized carbons (Fsp3) is 0.500. The molecule has 0 aliphatic carbocycles. The van der Waals surface area contributed by atoms with Gasteiger partial charge in [0.05, 0.1) is 18.4 Å². The van der Waals surface area contributed by atoms with Gasteiger partial charge in [-0.3, -0.25) is 0 Å². The minimum absolute atomic E-state index is 0.211. The Balaban J connectivity index is 2.08. The van der Waals surface area contributed by atoms with Crippen LogP contribution in [-0.2, 0) is 10.3 Å². The third-order valence-corrected chi connectivity index (χ3v) is 3.64. The maximum absolute atomic E-state index is 9.90. The Kier molecular flexibility index (Phi) is 2.70. The monoisotopic (exact) mass is 264 g/mol. The highest BCUT2D eigenvalue weighted by Crippen LogP contribution is 2.39. The lowest BCUT2D eigenvalue weighted by Crippen LogP contribution is -2.27. The Hall–Kier alpha value is -1.70. The molecule has 1 aliphatic rings. The van der Waals surface area contributed by atoms with Crippen molar-refractivity contribution in [3.8, 4) is 0 Å². The van der Waals surface area contributed by atoms with Gasteiger partial charge in [0.15, 0.2) is 5.82 Å². The summed E-state index contributed by atoms with van der Waals surface area (Å²) in [5.41, 5.74) is 6.56. The molecule has 19 heavy (non-hydrogen) atoms. The maximum Gasteiger partial charge on any atom is 0.151 e. The van der Waals surface area contributed by atoms with Gasteiger partial charge in [-0.2, -0.15) is 5.10 Å². The van der Waals surface area contributed by atoms with Crippen molar-refractivity contribution in [2.75, 3.05) is 12.3 Å². The Bertz CT molecular complexity index is 614. The van der Waals surface area contributed by atoms with Gasteiger partial charge in [-0.05, 0) is 19.1 Å². The van der Waals surface area contributed by atoms with Crippen molar-refractivity contribution in [3.05, 3.63) is 24.2 Å². The number of nitrogen functional groups attached to an aromatic ring is 1. The fourth-order valence-electron chi connectivity index (χ4n) is 2.67. The fourth-order valence-corrected chi connectivity index (χ4v) is 2.67. The first kappa shape index (κ1) is 12.3. The number of aliphatic hydroxyl groups is 2. The molecule has 3 atom stereocenters. The molecule has 7 nitrogen and oxygen atoms in total. The van der Waals surface area contributed by atoms with E-state index in [2.05, 4.69) is 10.1 Å². The minimum Gasteiger partial charge on any atom is -0.394 e. The third kappa shape index (κ3) is 1.78. The predicted molar refractivity (Wildman–Crippen MR) is 67.3 cm³/mol. The first-order valence-electron chi connectivity index (χ1n) is 6.10. The molecule has 102 valence electrons. The van der Waals surface area contributed by atoms with Crippen molar-refractivity contribution < 1.29 is 14.9 Å². The lowest BCUT2D eigenvalue weighted by atomic mass is 9.97. The van der Waals surface area contributed by atoms with Crippen molar-refractivity contribution in [2.45, 2.75) is 31.2 Å². The summed E-state index contributed by atoms with van der Waals surface area (Å²) >= 11 is 0. The average Bonchev–Trinajstić information content (AvgIpc) is 2.92. The molecule has 3 rings (SSSR count). The topological polar surface area (TPSA) is 106 Å². The second kappa shape index (κ2) is 4.16. The minimum atomic E-state index is -0.708. The number of nitrogens with zero attached hydrogens (tertiary/aromatic N) is 3. The van der Waals surface area contributed by atoms with Gasteiger partial charge in [0.1, 0.15) is 23.5 Å². The third-order valence-electron chi connectivity index (χ3n) is 3.64. The van der Waals surface area contributed by atoms with E-state index in [1.165, 1.54) is 6.33 Å². The first-order chi connectivity index (χ1) is 9.05. The van der Waals surface area contributed by atoms with Gasteiger partial charge in [-0.15, -0.1) is 0 Å². The highest BCUT2D eigenvalue weighted by Gasteiger charge is 2.45. The smallest absolute Gasteiger partial charge is 0.151 e. The van der Waals surface area contributed by atoms with E-state index >= 15 is 0 Å². The molecule has 0 saturated carbocycles. The molecule has 0 aromatic carbocycles. The second-order valence-corrected chi connectivity index (χ2v) is 5.00. The van der Waals surface area contributed by atoms with Crippen LogP contribution < -0.4 is 5.73 Å². The maximum atomic E-state index is 9.90. The van der Waals surface area contributed by atoms with Gasteiger partial charge in [0, 0.05) is 6.42 Å². The average molecular weight is 264 g/mol. The molecule has 3 unspecified atom stereocenters. The summed E-state index contributed by atoms with van der Waals surface area (Å²) in [4.78, 5) is 3.93. The summed E-state index contributed by atoms with van der Waals surface area (Å²) in [5.74, 6) is 0.391. The number of aliphatic hydroxyl groups excluding tert-OH is 2. The molecule has 0 radical (unpaired) electrons. The van der Waals surface area contributed by atoms with E-state index in [0.717, 1.165) is 5.69 Å². The molecular formula is C12H16N4O3. The van der Waals surface area contributed by atoms with Gasteiger partial charge in [0.2, 0.25) is 0 Å². The molecular weight excluding hydrogens is 248 g/mol. The highest BCUT2D eigenvalue weighted by molar-refractivity contribution is 5.65. The molecule has 7 heteroatoms. The largest absolute Gasteiger partial charge is 0.394 e. The van der Waals surface area contributed by atoms with Crippen LogP contribution in [0, 0.1) is 0 Å². The van der Waals surface area contributed by atoms with Crippen LogP contribution in [0.5, 0.6) is 0 Å². The zero-order valence-corrected chi connectivity index (χ0v) is 10.5. The molecule has 4 N–H and O–H groups in total. The summed E-state index contributed by atoms with van der Waals surface area (Å²) < 4.78 is 7.44. The number of aromatic nitrogens is 3. The Morgan fingerprint density at radius 1 is 1.58 bits per heavy atom. The molecule has 1 saturated heterocycles. The summed E-state index contributed by atoms with van der Waals surface area (Å²) in [6.07, 6.45) is 0.507. The van der Waals surface area contributed by atoms with Crippen molar-refractivity contribution in [3.63, 3.8) is 0 Å². The SMILES string of the molecule is CC1(c2ccc3c(N)ncnn23)CC(O)C(CO)O1. The number of ether oxygens (including phenoxy) is 1. The van der Waals surface area contributed by atoms with Crippen LogP contribution in [0.2, 0.25) is 0 Å². The molecule has 0 bridgehead atoms.